The number of nitrogens with one attached hydrogen (secondary N) is 2. The number of fused-ring (bicyclic) bond motifs is 3. The second-order valence-electron chi connectivity index (χ2n) is 11.2. The van der Waals surface area contributed by atoms with Gasteiger partial charge in [0.2, 0.25) is 0 Å². The van der Waals surface area contributed by atoms with Gasteiger partial charge in [0.05, 0.1) is 6.26 Å². The van der Waals surface area contributed by atoms with E-state index in [0.29, 0.717) is 23.0 Å². The van der Waals surface area contributed by atoms with Crippen LogP contribution in [0.1, 0.15) is 64.4 Å². The van der Waals surface area contributed by atoms with Gasteiger partial charge in [-0.1, -0.05) is 12.1 Å². The maximum absolute atomic E-state index is 12.8. The SMILES string of the molecule is Cc1ccnc(NC(=O)c2ccc(-c3nc(C45CCC(NC(=O)c6ccco6)(CC4)C5)n4ccnc(N)c34)cc2)c1. The third kappa shape index (κ3) is 4.23. The second kappa shape index (κ2) is 9.29. The number of anilines is 2. The third-order valence-electron chi connectivity index (χ3n) is 8.60. The molecule has 0 aliphatic heterocycles. The van der Waals surface area contributed by atoms with Crippen LogP contribution in [-0.4, -0.2) is 36.7 Å². The van der Waals surface area contributed by atoms with Crippen LogP contribution in [0.15, 0.2) is 77.8 Å². The molecule has 10 nitrogen and oxygen atoms in total. The van der Waals surface area contributed by atoms with Crippen molar-refractivity contribution in [2.75, 3.05) is 11.1 Å². The molecule has 4 N–H and O–H groups in total. The highest BCUT2D eigenvalue weighted by atomic mass is 16.3. The zero-order chi connectivity index (χ0) is 28.2. The van der Waals surface area contributed by atoms with Crippen LogP contribution in [0.3, 0.4) is 0 Å². The third-order valence-corrected chi connectivity index (χ3v) is 8.60. The van der Waals surface area contributed by atoms with Crippen LogP contribution in [0, 0.1) is 6.92 Å². The maximum Gasteiger partial charge on any atom is 0.287 e. The molecule has 2 amide bonds. The summed E-state index contributed by atoms with van der Waals surface area (Å²) < 4.78 is 7.37. The standard InChI is InChI=1S/C31H29N7O3/c1-19-8-13-33-23(17-19)35-27(39)21-6-4-20(5-7-21)24-25-26(32)34-14-15-38(25)29(36-24)30-9-11-31(18-30,12-10-30)37-28(40)22-3-2-16-41-22/h2-8,13-17H,9-12,18H2,1H3,(H2,32,34)(H,37,40)(H,33,35,39). The summed E-state index contributed by atoms with van der Waals surface area (Å²) in [6, 6.07) is 14.4. The Morgan fingerprint density at radius 1 is 1.00 bits per heavy atom. The van der Waals surface area contributed by atoms with Crippen LogP contribution >= 0.6 is 0 Å². The number of pyridine rings is 1. The Morgan fingerprint density at radius 3 is 2.54 bits per heavy atom. The molecule has 2 aliphatic rings. The molecule has 206 valence electrons. The minimum Gasteiger partial charge on any atom is -0.459 e. The molecule has 4 aromatic heterocycles. The summed E-state index contributed by atoms with van der Waals surface area (Å²) in [5, 5.41) is 6.11. The van der Waals surface area contributed by atoms with E-state index in [9.17, 15) is 9.59 Å². The first kappa shape index (κ1) is 25.0. The van der Waals surface area contributed by atoms with Crippen LogP contribution in [-0.2, 0) is 5.41 Å². The zero-order valence-corrected chi connectivity index (χ0v) is 22.6. The molecule has 2 saturated carbocycles. The summed E-state index contributed by atoms with van der Waals surface area (Å²) in [4.78, 5) is 39.4. The van der Waals surface area contributed by atoms with Gasteiger partial charge in [-0.2, -0.15) is 0 Å². The normalized spacial score (nSPS) is 21.3. The number of aryl methyl sites for hydroxylation is 1. The molecular formula is C31H29N7O3. The topological polar surface area (TPSA) is 140 Å². The number of hydrogen-bond acceptors (Lipinski definition) is 7. The number of amides is 2. The molecule has 2 aliphatic carbocycles. The number of carbonyl (C=O) groups is 2. The van der Waals surface area contributed by atoms with Crippen molar-refractivity contribution < 1.29 is 14.0 Å². The summed E-state index contributed by atoms with van der Waals surface area (Å²) in [6.45, 7) is 1.95. The molecule has 5 aromatic rings. The zero-order valence-electron chi connectivity index (χ0n) is 22.6. The number of hydrogen-bond donors (Lipinski definition) is 3. The number of carbonyl (C=O) groups excluding carboxylic acids is 2. The highest BCUT2D eigenvalue weighted by Crippen LogP contribution is 2.57. The molecule has 4 heterocycles. The Labute approximate surface area is 236 Å². The molecule has 0 unspecified atom stereocenters. The molecule has 0 radical (unpaired) electrons. The molecule has 0 atom stereocenters. The lowest BCUT2D eigenvalue weighted by Gasteiger charge is -2.28. The fourth-order valence-electron chi connectivity index (χ4n) is 6.60. The first-order chi connectivity index (χ1) is 19.8. The van der Waals surface area contributed by atoms with Gasteiger partial charge in [-0.25, -0.2) is 15.0 Å². The van der Waals surface area contributed by atoms with E-state index in [4.69, 9.17) is 15.1 Å². The Balaban J connectivity index is 1.19. The molecule has 7 rings (SSSR count). The van der Waals surface area contributed by atoms with Gasteiger partial charge in [0, 0.05) is 40.7 Å². The molecular weight excluding hydrogens is 518 g/mol. The summed E-state index contributed by atoms with van der Waals surface area (Å²) in [7, 11) is 0. The molecule has 2 fully saturated rings. The van der Waals surface area contributed by atoms with Gasteiger partial charge in [0.25, 0.3) is 11.8 Å². The van der Waals surface area contributed by atoms with Crippen molar-refractivity contribution in [3.63, 3.8) is 0 Å². The molecule has 2 bridgehead atoms. The smallest absolute Gasteiger partial charge is 0.287 e. The lowest BCUT2D eigenvalue weighted by molar-refractivity contribution is 0.0872. The van der Waals surface area contributed by atoms with Gasteiger partial charge in [-0.05, 0) is 81.0 Å². The molecule has 0 saturated heterocycles. The highest BCUT2D eigenvalue weighted by Gasteiger charge is 2.57. The van der Waals surface area contributed by atoms with Gasteiger partial charge >= 0.3 is 0 Å². The quantitative estimate of drug-likeness (QED) is 0.274. The van der Waals surface area contributed by atoms with Crippen molar-refractivity contribution >= 4 is 29.0 Å². The van der Waals surface area contributed by atoms with Crippen molar-refractivity contribution in [1.82, 2.24) is 24.7 Å². The van der Waals surface area contributed by atoms with Gasteiger partial charge in [0.15, 0.2) is 5.76 Å². The number of benzene rings is 1. The summed E-state index contributed by atoms with van der Waals surface area (Å²) >= 11 is 0. The molecule has 1 aromatic carbocycles. The first-order valence-electron chi connectivity index (χ1n) is 13.7. The van der Waals surface area contributed by atoms with E-state index >= 15 is 0 Å². The monoisotopic (exact) mass is 547 g/mol. The highest BCUT2D eigenvalue weighted by molar-refractivity contribution is 6.04. The number of imidazole rings is 1. The number of furan rings is 1. The van der Waals surface area contributed by atoms with E-state index in [-0.39, 0.29) is 22.8 Å². The number of rotatable bonds is 6. The predicted molar refractivity (Wildman–Crippen MR) is 153 cm³/mol. The Kier molecular flexibility index (Phi) is 5.67. The second-order valence-corrected chi connectivity index (χ2v) is 11.2. The van der Waals surface area contributed by atoms with E-state index in [1.54, 1.807) is 36.7 Å². The Bertz CT molecular complexity index is 1780. The van der Waals surface area contributed by atoms with Gasteiger partial charge in [0.1, 0.15) is 28.7 Å². The predicted octanol–water partition coefficient (Wildman–Crippen LogP) is 4.91. The number of aromatic nitrogens is 4. The lowest BCUT2D eigenvalue weighted by Crippen LogP contribution is -2.44. The van der Waals surface area contributed by atoms with E-state index in [1.165, 1.54) is 6.26 Å². The van der Waals surface area contributed by atoms with Gasteiger partial charge in [-0.3, -0.25) is 14.0 Å². The lowest BCUT2D eigenvalue weighted by atomic mass is 9.83. The van der Waals surface area contributed by atoms with Crippen LogP contribution in [0.4, 0.5) is 11.6 Å². The van der Waals surface area contributed by atoms with Crippen LogP contribution in [0.25, 0.3) is 16.8 Å². The van der Waals surface area contributed by atoms with Crippen molar-refractivity contribution in [2.45, 2.75) is 50.0 Å². The first-order valence-corrected chi connectivity index (χ1v) is 13.7. The van der Waals surface area contributed by atoms with Crippen molar-refractivity contribution in [2.24, 2.45) is 0 Å². The summed E-state index contributed by atoms with van der Waals surface area (Å²) in [5.41, 5.74) is 9.73. The molecule has 10 heteroatoms. The fraction of sp³-hybridized carbons (Fsp3) is 0.258. The van der Waals surface area contributed by atoms with Crippen molar-refractivity contribution in [1.29, 1.82) is 0 Å². The van der Waals surface area contributed by atoms with Crippen molar-refractivity contribution in [3.05, 3.63) is 96.1 Å². The average Bonchev–Trinajstić information content (AvgIpc) is 3.76. The van der Waals surface area contributed by atoms with Crippen molar-refractivity contribution in [3.8, 4) is 11.3 Å². The van der Waals surface area contributed by atoms with Crippen LogP contribution in [0.2, 0.25) is 0 Å². The van der Waals surface area contributed by atoms with Gasteiger partial charge < -0.3 is 20.8 Å². The largest absolute Gasteiger partial charge is 0.459 e. The minimum atomic E-state index is -0.296. The Hall–Kier alpha value is -4.99. The average molecular weight is 548 g/mol. The summed E-state index contributed by atoms with van der Waals surface area (Å²) in [5.74, 6) is 1.72. The van der Waals surface area contributed by atoms with E-state index in [2.05, 4.69) is 25.0 Å². The molecule has 0 spiro atoms. The van der Waals surface area contributed by atoms with E-state index < -0.39 is 0 Å². The number of nitrogens with zero attached hydrogens (tertiary/aromatic N) is 4. The molecule has 41 heavy (non-hydrogen) atoms. The van der Waals surface area contributed by atoms with Gasteiger partial charge in [-0.15, -0.1) is 0 Å². The minimum absolute atomic E-state index is 0.183. The summed E-state index contributed by atoms with van der Waals surface area (Å²) in [6.07, 6.45) is 11.1. The maximum atomic E-state index is 12.8. The van der Waals surface area contributed by atoms with E-state index in [1.807, 2.05) is 37.4 Å². The van der Waals surface area contributed by atoms with E-state index in [0.717, 1.165) is 60.3 Å². The number of nitrogen functional groups attached to an aromatic ring is 1. The van der Waals surface area contributed by atoms with Crippen LogP contribution in [0.5, 0.6) is 0 Å². The Morgan fingerprint density at radius 2 is 1.80 bits per heavy atom. The fourth-order valence-corrected chi connectivity index (χ4v) is 6.60. The van der Waals surface area contributed by atoms with Crippen LogP contribution < -0.4 is 16.4 Å². The number of nitrogens with two attached hydrogens (primary N) is 1.